The van der Waals surface area contributed by atoms with E-state index in [2.05, 4.69) is 45.5 Å². The van der Waals surface area contributed by atoms with E-state index in [1.54, 1.807) is 0 Å². The summed E-state index contributed by atoms with van der Waals surface area (Å²) in [5.74, 6) is 0.632. The van der Waals surface area contributed by atoms with Crippen molar-refractivity contribution < 1.29 is 0 Å². The lowest BCUT2D eigenvalue weighted by atomic mass is 9.87. The number of benzene rings is 1. The van der Waals surface area contributed by atoms with Crippen LogP contribution in [0.25, 0.3) is 0 Å². The summed E-state index contributed by atoms with van der Waals surface area (Å²) in [6.45, 7) is 2.07. The summed E-state index contributed by atoms with van der Waals surface area (Å²) in [7, 11) is 0. The standard InChI is InChI=1S/C12H17BrN2/c13-11-3-1-9(2-4-11)7-10-5-6-15-8-12(10)14/h1-4,10,12,15H,5-8,14H2. The van der Waals surface area contributed by atoms with Crippen molar-refractivity contribution in [3.05, 3.63) is 34.3 Å². The van der Waals surface area contributed by atoms with E-state index in [9.17, 15) is 0 Å². The molecule has 0 radical (unpaired) electrons. The van der Waals surface area contributed by atoms with Crippen molar-refractivity contribution in [1.82, 2.24) is 5.32 Å². The van der Waals surface area contributed by atoms with Crippen LogP contribution in [0.15, 0.2) is 28.7 Å². The van der Waals surface area contributed by atoms with Gasteiger partial charge in [0.25, 0.3) is 0 Å². The van der Waals surface area contributed by atoms with Crippen molar-refractivity contribution in [2.45, 2.75) is 18.9 Å². The summed E-state index contributed by atoms with van der Waals surface area (Å²) in [4.78, 5) is 0. The molecule has 2 unspecified atom stereocenters. The number of piperidine rings is 1. The maximum Gasteiger partial charge on any atom is 0.0197 e. The van der Waals surface area contributed by atoms with Crippen LogP contribution >= 0.6 is 15.9 Å². The third-order valence-electron chi connectivity index (χ3n) is 3.09. The lowest BCUT2D eigenvalue weighted by molar-refractivity contribution is 0.322. The Morgan fingerprint density at radius 3 is 2.73 bits per heavy atom. The fourth-order valence-corrected chi connectivity index (χ4v) is 2.38. The molecule has 1 aromatic carbocycles. The highest BCUT2D eigenvalue weighted by atomic mass is 79.9. The second-order valence-corrected chi connectivity index (χ2v) is 5.16. The van der Waals surface area contributed by atoms with Gasteiger partial charge in [-0.25, -0.2) is 0 Å². The molecule has 15 heavy (non-hydrogen) atoms. The fraction of sp³-hybridized carbons (Fsp3) is 0.500. The Balaban J connectivity index is 1.98. The summed E-state index contributed by atoms with van der Waals surface area (Å²) in [6, 6.07) is 8.86. The molecule has 0 saturated carbocycles. The minimum Gasteiger partial charge on any atom is -0.326 e. The number of rotatable bonds is 2. The lowest BCUT2D eigenvalue weighted by Crippen LogP contribution is -2.46. The topological polar surface area (TPSA) is 38.0 Å². The molecule has 3 heteroatoms. The Labute approximate surface area is 99.4 Å². The Kier molecular flexibility index (Phi) is 3.78. The van der Waals surface area contributed by atoms with Crippen molar-refractivity contribution in [3.63, 3.8) is 0 Å². The molecule has 1 aliphatic rings. The van der Waals surface area contributed by atoms with Crippen LogP contribution in [-0.2, 0) is 6.42 Å². The van der Waals surface area contributed by atoms with Crippen molar-refractivity contribution in [2.24, 2.45) is 11.7 Å². The summed E-state index contributed by atoms with van der Waals surface area (Å²) >= 11 is 3.45. The van der Waals surface area contributed by atoms with E-state index >= 15 is 0 Å². The van der Waals surface area contributed by atoms with Crippen LogP contribution < -0.4 is 11.1 Å². The van der Waals surface area contributed by atoms with E-state index in [-0.39, 0.29) is 0 Å². The first-order chi connectivity index (χ1) is 7.25. The summed E-state index contributed by atoms with van der Waals surface area (Å²) in [6.07, 6.45) is 2.30. The molecule has 1 aromatic rings. The molecule has 0 aromatic heterocycles. The Bertz CT molecular complexity index is 310. The van der Waals surface area contributed by atoms with Gasteiger partial charge >= 0.3 is 0 Å². The molecule has 0 bridgehead atoms. The van der Waals surface area contributed by atoms with Crippen LogP contribution in [0.4, 0.5) is 0 Å². The van der Waals surface area contributed by atoms with Crippen LogP contribution in [-0.4, -0.2) is 19.1 Å². The van der Waals surface area contributed by atoms with Gasteiger partial charge in [-0.15, -0.1) is 0 Å². The monoisotopic (exact) mass is 268 g/mol. The van der Waals surface area contributed by atoms with Crippen LogP contribution in [0.2, 0.25) is 0 Å². The van der Waals surface area contributed by atoms with Gasteiger partial charge in [-0.1, -0.05) is 28.1 Å². The number of hydrogen-bond donors (Lipinski definition) is 2. The third kappa shape index (κ3) is 3.03. The van der Waals surface area contributed by atoms with Crippen molar-refractivity contribution in [1.29, 1.82) is 0 Å². The second-order valence-electron chi connectivity index (χ2n) is 4.25. The van der Waals surface area contributed by atoms with Crippen LogP contribution in [0.3, 0.4) is 0 Å². The fourth-order valence-electron chi connectivity index (χ4n) is 2.11. The first-order valence-electron chi connectivity index (χ1n) is 5.46. The highest BCUT2D eigenvalue weighted by Crippen LogP contribution is 2.19. The molecule has 3 N–H and O–H groups in total. The zero-order chi connectivity index (χ0) is 10.7. The second kappa shape index (κ2) is 5.10. The molecule has 82 valence electrons. The lowest BCUT2D eigenvalue weighted by Gasteiger charge is -2.29. The maximum absolute atomic E-state index is 6.08. The van der Waals surface area contributed by atoms with Crippen LogP contribution in [0.1, 0.15) is 12.0 Å². The SMILES string of the molecule is NC1CNCCC1Cc1ccc(Br)cc1. The van der Waals surface area contributed by atoms with Gasteiger partial charge in [0.05, 0.1) is 0 Å². The smallest absolute Gasteiger partial charge is 0.0197 e. The van der Waals surface area contributed by atoms with E-state index < -0.39 is 0 Å². The van der Waals surface area contributed by atoms with Gasteiger partial charge in [-0.3, -0.25) is 0 Å². The summed E-state index contributed by atoms with van der Waals surface area (Å²) in [5, 5.41) is 3.33. The van der Waals surface area contributed by atoms with Gasteiger partial charge in [0, 0.05) is 17.1 Å². The van der Waals surface area contributed by atoms with Gasteiger partial charge < -0.3 is 11.1 Å². The Hall–Kier alpha value is -0.380. The number of hydrogen-bond acceptors (Lipinski definition) is 2. The Morgan fingerprint density at radius 2 is 2.07 bits per heavy atom. The number of nitrogens with one attached hydrogen (secondary N) is 1. The van der Waals surface area contributed by atoms with Gasteiger partial charge in [0.2, 0.25) is 0 Å². The molecule has 2 nitrogen and oxygen atoms in total. The minimum absolute atomic E-state index is 0.308. The van der Waals surface area contributed by atoms with Gasteiger partial charge in [0.15, 0.2) is 0 Å². The van der Waals surface area contributed by atoms with E-state index in [4.69, 9.17) is 5.73 Å². The predicted octanol–water partition coefficient (Wildman–Crippen LogP) is 1.93. The maximum atomic E-state index is 6.08. The van der Waals surface area contributed by atoms with Crippen LogP contribution in [0, 0.1) is 5.92 Å². The predicted molar refractivity (Wildman–Crippen MR) is 66.8 cm³/mol. The molecule has 2 atom stereocenters. The molecule has 1 saturated heterocycles. The zero-order valence-electron chi connectivity index (χ0n) is 8.75. The molecule has 1 aliphatic heterocycles. The van der Waals surface area contributed by atoms with E-state index in [1.165, 1.54) is 12.0 Å². The quantitative estimate of drug-likeness (QED) is 0.861. The van der Waals surface area contributed by atoms with E-state index in [0.717, 1.165) is 24.0 Å². The highest BCUT2D eigenvalue weighted by Gasteiger charge is 2.21. The molecule has 1 fully saturated rings. The molecule has 0 spiro atoms. The van der Waals surface area contributed by atoms with Crippen molar-refractivity contribution in [3.8, 4) is 0 Å². The largest absolute Gasteiger partial charge is 0.326 e. The highest BCUT2D eigenvalue weighted by molar-refractivity contribution is 9.10. The molecule has 2 rings (SSSR count). The van der Waals surface area contributed by atoms with Crippen molar-refractivity contribution >= 4 is 15.9 Å². The van der Waals surface area contributed by atoms with E-state index in [0.29, 0.717) is 12.0 Å². The Morgan fingerprint density at radius 1 is 1.33 bits per heavy atom. The van der Waals surface area contributed by atoms with Gasteiger partial charge in [0.1, 0.15) is 0 Å². The van der Waals surface area contributed by atoms with Gasteiger partial charge in [-0.2, -0.15) is 0 Å². The molecule has 0 amide bonds. The first kappa shape index (κ1) is 11.1. The van der Waals surface area contributed by atoms with Crippen molar-refractivity contribution in [2.75, 3.05) is 13.1 Å². The summed E-state index contributed by atoms with van der Waals surface area (Å²) in [5.41, 5.74) is 7.47. The molecular formula is C12H17BrN2. The van der Waals surface area contributed by atoms with Crippen LogP contribution in [0.5, 0.6) is 0 Å². The minimum atomic E-state index is 0.308. The molecule has 1 heterocycles. The average molecular weight is 269 g/mol. The third-order valence-corrected chi connectivity index (χ3v) is 3.62. The van der Waals surface area contributed by atoms with Gasteiger partial charge in [-0.05, 0) is 43.0 Å². The normalized spacial score (nSPS) is 26.5. The van der Waals surface area contributed by atoms with E-state index in [1.807, 2.05) is 0 Å². The molecular weight excluding hydrogens is 252 g/mol. The zero-order valence-corrected chi connectivity index (χ0v) is 10.3. The average Bonchev–Trinajstić information content (AvgIpc) is 2.25. The molecule has 0 aliphatic carbocycles. The summed E-state index contributed by atoms with van der Waals surface area (Å²) < 4.78 is 1.14. The number of halogens is 1. The number of nitrogens with two attached hydrogens (primary N) is 1. The first-order valence-corrected chi connectivity index (χ1v) is 6.26.